The van der Waals surface area contributed by atoms with Crippen LogP contribution in [0, 0.1) is 5.92 Å². The lowest BCUT2D eigenvalue weighted by molar-refractivity contribution is 0.171. The van der Waals surface area contributed by atoms with Gasteiger partial charge in [0.1, 0.15) is 18.7 Å². The number of hydrogen-bond acceptors (Lipinski definition) is 4. The number of nitrogens with zero attached hydrogens (tertiary/aromatic N) is 5. The van der Waals surface area contributed by atoms with E-state index in [2.05, 4.69) is 51.6 Å². The number of aliphatic imine (C=N–C) groups is 1. The second-order valence-electron chi connectivity index (χ2n) is 6.80. The molecule has 1 fully saturated rings. The van der Waals surface area contributed by atoms with Gasteiger partial charge in [0, 0.05) is 26.2 Å². The van der Waals surface area contributed by atoms with Gasteiger partial charge in [0.25, 0.3) is 0 Å². The maximum atomic E-state index is 4.65. The number of rotatable bonds is 7. The Bertz CT molecular complexity index is 503. The largest absolute Gasteiger partial charge is 0.357 e. The molecule has 24 heavy (non-hydrogen) atoms. The van der Waals surface area contributed by atoms with Gasteiger partial charge in [0.05, 0.1) is 0 Å². The standard InChI is InChI=1S/C17H33N7/c1-5-18-17(20-12-16-21-13-22-24(16)4)19-11-15(23(2)3)14-9-7-6-8-10-14/h13-15H,5-12H2,1-4H3,(H2,18,19,20). The van der Waals surface area contributed by atoms with Gasteiger partial charge in [-0.3, -0.25) is 4.68 Å². The minimum Gasteiger partial charge on any atom is -0.357 e. The fourth-order valence-electron chi connectivity index (χ4n) is 3.45. The van der Waals surface area contributed by atoms with Crippen molar-refractivity contribution < 1.29 is 0 Å². The summed E-state index contributed by atoms with van der Waals surface area (Å²) in [4.78, 5) is 11.2. The molecule has 1 saturated carbocycles. The molecule has 7 nitrogen and oxygen atoms in total. The van der Waals surface area contributed by atoms with E-state index in [0.29, 0.717) is 12.6 Å². The summed E-state index contributed by atoms with van der Waals surface area (Å²) in [7, 11) is 6.26. The minimum absolute atomic E-state index is 0.530. The normalized spacial score (nSPS) is 18.0. The van der Waals surface area contributed by atoms with E-state index in [0.717, 1.165) is 30.8 Å². The lowest BCUT2D eigenvalue weighted by Crippen LogP contribution is -2.48. The Hall–Kier alpha value is -1.63. The molecule has 1 unspecified atom stereocenters. The van der Waals surface area contributed by atoms with Gasteiger partial charge in [-0.2, -0.15) is 5.10 Å². The molecule has 1 aromatic rings. The van der Waals surface area contributed by atoms with Crippen molar-refractivity contribution in [2.45, 2.75) is 51.6 Å². The molecule has 2 N–H and O–H groups in total. The van der Waals surface area contributed by atoms with Gasteiger partial charge in [-0.1, -0.05) is 19.3 Å². The van der Waals surface area contributed by atoms with Gasteiger partial charge in [0.15, 0.2) is 5.96 Å². The molecule has 0 saturated heterocycles. The van der Waals surface area contributed by atoms with Crippen LogP contribution in [0.1, 0.15) is 44.9 Å². The summed E-state index contributed by atoms with van der Waals surface area (Å²) in [5.41, 5.74) is 0. The third-order valence-corrected chi connectivity index (χ3v) is 4.86. The molecule has 0 spiro atoms. The third kappa shape index (κ3) is 5.47. The Morgan fingerprint density at radius 1 is 1.33 bits per heavy atom. The van der Waals surface area contributed by atoms with Crippen molar-refractivity contribution in [1.29, 1.82) is 0 Å². The van der Waals surface area contributed by atoms with Crippen LogP contribution in [0.4, 0.5) is 0 Å². The van der Waals surface area contributed by atoms with Crippen molar-refractivity contribution in [3.63, 3.8) is 0 Å². The zero-order chi connectivity index (χ0) is 17.4. The summed E-state index contributed by atoms with van der Waals surface area (Å²) in [6.07, 6.45) is 8.39. The number of nitrogens with one attached hydrogen (secondary N) is 2. The first-order valence-electron chi connectivity index (χ1n) is 9.13. The molecule has 1 atom stereocenters. The first-order valence-corrected chi connectivity index (χ1v) is 9.13. The lowest BCUT2D eigenvalue weighted by Gasteiger charge is -2.35. The van der Waals surface area contributed by atoms with Crippen molar-refractivity contribution in [3.05, 3.63) is 12.2 Å². The first kappa shape index (κ1) is 18.7. The third-order valence-electron chi connectivity index (χ3n) is 4.86. The minimum atomic E-state index is 0.530. The monoisotopic (exact) mass is 335 g/mol. The molecule has 0 radical (unpaired) electrons. The van der Waals surface area contributed by atoms with Crippen LogP contribution in [-0.4, -0.2) is 58.9 Å². The fourth-order valence-corrected chi connectivity index (χ4v) is 3.45. The molecular formula is C17H33N7. The maximum Gasteiger partial charge on any atom is 0.191 e. The predicted octanol–water partition coefficient (Wildman–Crippen LogP) is 1.38. The van der Waals surface area contributed by atoms with Gasteiger partial charge < -0.3 is 15.5 Å². The fraction of sp³-hybridized carbons (Fsp3) is 0.824. The second kappa shape index (κ2) is 9.61. The highest BCUT2D eigenvalue weighted by atomic mass is 15.3. The number of aryl methyl sites for hydroxylation is 1. The highest BCUT2D eigenvalue weighted by Gasteiger charge is 2.25. The van der Waals surface area contributed by atoms with Crippen molar-refractivity contribution in [2.24, 2.45) is 18.0 Å². The van der Waals surface area contributed by atoms with E-state index in [9.17, 15) is 0 Å². The van der Waals surface area contributed by atoms with E-state index in [4.69, 9.17) is 0 Å². The number of likely N-dealkylation sites (N-methyl/N-ethyl adjacent to an activating group) is 1. The maximum absolute atomic E-state index is 4.65. The molecule has 0 amide bonds. The Balaban J connectivity index is 1.93. The van der Waals surface area contributed by atoms with Crippen molar-refractivity contribution in [1.82, 2.24) is 30.3 Å². The predicted molar refractivity (Wildman–Crippen MR) is 97.9 cm³/mol. The van der Waals surface area contributed by atoms with Crippen molar-refractivity contribution in [3.8, 4) is 0 Å². The highest BCUT2D eigenvalue weighted by Crippen LogP contribution is 2.27. The van der Waals surface area contributed by atoms with Crippen molar-refractivity contribution in [2.75, 3.05) is 27.2 Å². The molecule has 0 aliphatic heterocycles. The molecule has 1 aliphatic rings. The van der Waals surface area contributed by atoms with E-state index in [1.165, 1.54) is 32.1 Å². The van der Waals surface area contributed by atoms with Crippen LogP contribution in [0.3, 0.4) is 0 Å². The molecular weight excluding hydrogens is 302 g/mol. The molecule has 0 bridgehead atoms. The van der Waals surface area contributed by atoms with Gasteiger partial charge in [-0.25, -0.2) is 9.98 Å². The Morgan fingerprint density at radius 2 is 2.08 bits per heavy atom. The molecule has 1 heterocycles. The Kier molecular flexibility index (Phi) is 7.49. The summed E-state index contributed by atoms with van der Waals surface area (Å²) in [6, 6.07) is 0.545. The van der Waals surface area contributed by atoms with Gasteiger partial charge in [0.2, 0.25) is 0 Å². The quantitative estimate of drug-likeness (QED) is 0.582. The molecule has 1 aromatic heterocycles. The highest BCUT2D eigenvalue weighted by molar-refractivity contribution is 5.79. The van der Waals surface area contributed by atoms with Gasteiger partial charge in [-0.15, -0.1) is 0 Å². The summed E-state index contributed by atoms with van der Waals surface area (Å²) >= 11 is 0. The lowest BCUT2D eigenvalue weighted by atomic mass is 9.83. The second-order valence-corrected chi connectivity index (χ2v) is 6.80. The molecule has 1 aliphatic carbocycles. The SMILES string of the molecule is CCNC(=NCc1ncnn1C)NCC(C1CCCCC1)N(C)C. The van der Waals surface area contributed by atoms with Gasteiger partial charge >= 0.3 is 0 Å². The van der Waals surface area contributed by atoms with E-state index in [-0.39, 0.29) is 0 Å². The number of hydrogen-bond donors (Lipinski definition) is 2. The van der Waals surface area contributed by atoms with E-state index < -0.39 is 0 Å². The molecule has 136 valence electrons. The summed E-state index contributed by atoms with van der Waals surface area (Å²) in [6.45, 7) is 4.38. The zero-order valence-electron chi connectivity index (χ0n) is 15.6. The van der Waals surface area contributed by atoms with E-state index in [1.54, 1.807) is 11.0 Å². The zero-order valence-corrected chi connectivity index (χ0v) is 15.6. The summed E-state index contributed by atoms with van der Waals surface area (Å²) < 4.78 is 1.76. The van der Waals surface area contributed by atoms with E-state index in [1.807, 2.05) is 7.05 Å². The Morgan fingerprint density at radius 3 is 2.67 bits per heavy atom. The van der Waals surface area contributed by atoms with Crippen LogP contribution in [-0.2, 0) is 13.6 Å². The number of aromatic nitrogens is 3. The molecule has 7 heteroatoms. The first-order chi connectivity index (χ1) is 11.6. The van der Waals surface area contributed by atoms with Crippen molar-refractivity contribution >= 4 is 5.96 Å². The van der Waals surface area contributed by atoms with Crippen LogP contribution in [0.15, 0.2) is 11.3 Å². The van der Waals surface area contributed by atoms with Crippen LogP contribution in [0.2, 0.25) is 0 Å². The average molecular weight is 336 g/mol. The average Bonchev–Trinajstić information content (AvgIpc) is 2.98. The van der Waals surface area contributed by atoms with Crippen LogP contribution in [0.25, 0.3) is 0 Å². The summed E-state index contributed by atoms with van der Waals surface area (Å²) in [5, 5.41) is 10.9. The number of guanidine groups is 1. The topological polar surface area (TPSA) is 70.4 Å². The Labute approximate surface area is 145 Å². The van der Waals surface area contributed by atoms with E-state index >= 15 is 0 Å². The molecule has 0 aromatic carbocycles. The van der Waals surface area contributed by atoms with Gasteiger partial charge in [-0.05, 0) is 39.8 Å². The smallest absolute Gasteiger partial charge is 0.191 e. The van der Waals surface area contributed by atoms with Crippen LogP contribution < -0.4 is 10.6 Å². The summed E-state index contributed by atoms with van der Waals surface area (Å²) in [5.74, 6) is 2.50. The van der Waals surface area contributed by atoms with Crippen LogP contribution in [0.5, 0.6) is 0 Å². The van der Waals surface area contributed by atoms with Crippen LogP contribution >= 0.6 is 0 Å². The molecule has 2 rings (SSSR count).